The van der Waals surface area contributed by atoms with Crippen molar-refractivity contribution in [2.45, 2.75) is 51.0 Å². The first-order valence-corrected chi connectivity index (χ1v) is 11.3. The monoisotopic (exact) mass is 404 g/mol. The van der Waals surface area contributed by atoms with Gasteiger partial charge < -0.3 is 9.42 Å². The zero-order valence-corrected chi connectivity index (χ0v) is 16.6. The summed E-state index contributed by atoms with van der Waals surface area (Å²) in [5, 5.41) is 4.04. The van der Waals surface area contributed by atoms with Gasteiger partial charge in [0.15, 0.2) is 0 Å². The number of benzene rings is 1. The van der Waals surface area contributed by atoms with Crippen LogP contribution in [0.15, 0.2) is 28.8 Å². The molecule has 2 aromatic rings. The maximum absolute atomic E-state index is 12.4. The van der Waals surface area contributed by atoms with Gasteiger partial charge in [-0.15, -0.1) is 0 Å². The number of hydrogen-bond acceptors (Lipinski definition) is 6. The Labute approximate surface area is 164 Å². The first kappa shape index (κ1) is 18.9. The van der Waals surface area contributed by atoms with Crippen LogP contribution in [0.5, 0.6) is 0 Å². The number of aromatic nitrogens is 2. The van der Waals surface area contributed by atoms with Crippen molar-refractivity contribution in [3.63, 3.8) is 0 Å². The third kappa shape index (κ3) is 3.89. The molecule has 1 aliphatic carbocycles. The Kier molecular flexibility index (Phi) is 5.09. The van der Waals surface area contributed by atoms with Crippen molar-refractivity contribution < 1.29 is 17.7 Å². The van der Waals surface area contributed by atoms with Gasteiger partial charge in [-0.25, -0.2) is 8.42 Å². The van der Waals surface area contributed by atoms with E-state index < -0.39 is 10.0 Å². The molecule has 1 saturated heterocycles. The van der Waals surface area contributed by atoms with Gasteiger partial charge in [0.05, 0.1) is 11.7 Å². The SMILES string of the molecule is CCS(=O)(=O)Nc1ccc(-c2noc(C3CC(=O)N(C4CCCC4)C3)n2)cc1. The summed E-state index contributed by atoms with van der Waals surface area (Å²) in [7, 11) is -3.31. The third-order valence-corrected chi connectivity index (χ3v) is 6.82. The summed E-state index contributed by atoms with van der Waals surface area (Å²) in [4.78, 5) is 18.8. The van der Waals surface area contributed by atoms with E-state index in [9.17, 15) is 13.2 Å². The molecule has 0 bridgehead atoms. The summed E-state index contributed by atoms with van der Waals surface area (Å²) >= 11 is 0. The minimum absolute atomic E-state index is 0.0148. The Morgan fingerprint density at radius 3 is 2.61 bits per heavy atom. The van der Waals surface area contributed by atoms with Crippen molar-refractivity contribution in [3.05, 3.63) is 30.2 Å². The lowest BCUT2D eigenvalue weighted by Gasteiger charge is -2.23. The third-order valence-electron chi connectivity index (χ3n) is 5.51. The largest absolute Gasteiger partial charge is 0.339 e. The van der Waals surface area contributed by atoms with Gasteiger partial charge in [-0.1, -0.05) is 18.0 Å². The van der Waals surface area contributed by atoms with Gasteiger partial charge in [-0.3, -0.25) is 9.52 Å². The van der Waals surface area contributed by atoms with Crippen molar-refractivity contribution in [3.8, 4) is 11.4 Å². The van der Waals surface area contributed by atoms with E-state index in [-0.39, 0.29) is 17.6 Å². The first-order valence-electron chi connectivity index (χ1n) is 9.69. The number of carbonyl (C=O) groups excluding carboxylic acids is 1. The van der Waals surface area contributed by atoms with E-state index in [1.54, 1.807) is 31.2 Å². The van der Waals surface area contributed by atoms with Crippen LogP contribution in [-0.2, 0) is 14.8 Å². The van der Waals surface area contributed by atoms with Gasteiger partial charge >= 0.3 is 0 Å². The van der Waals surface area contributed by atoms with Gasteiger partial charge in [0.2, 0.25) is 27.6 Å². The molecule has 2 heterocycles. The molecule has 1 atom stereocenters. The molecule has 2 aliphatic rings. The molecule has 1 saturated carbocycles. The van der Waals surface area contributed by atoms with E-state index >= 15 is 0 Å². The van der Waals surface area contributed by atoms with Gasteiger partial charge in [0.25, 0.3) is 0 Å². The summed E-state index contributed by atoms with van der Waals surface area (Å²) in [5.74, 6) is 1.04. The van der Waals surface area contributed by atoms with Crippen LogP contribution >= 0.6 is 0 Å². The van der Waals surface area contributed by atoms with Crippen LogP contribution in [0.3, 0.4) is 0 Å². The Balaban J connectivity index is 1.45. The minimum Gasteiger partial charge on any atom is -0.339 e. The lowest BCUT2D eigenvalue weighted by atomic mass is 10.1. The van der Waals surface area contributed by atoms with Gasteiger partial charge in [0, 0.05) is 30.3 Å². The van der Waals surface area contributed by atoms with E-state index in [0.29, 0.717) is 36.4 Å². The zero-order chi connectivity index (χ0) is 19.7. The molecule has 2 fully saturated rings. The fourth-order valence-corrected chi connectivity index (χ4v) is 4.56. The molecule has 150 valence electrons. The van der Waals surface area contributed by atoms with Gasteiger partial charge in [-0.05, 0) is 44.0 Å². The van der Waals surface area contributed by atoms with Crippen LogP contribution < -0.4 is 4.72 Å². The molecule has 1 N–H and O–H groups in total. The average Bonchev–Trinajstić information content (AvgIpc) is 3.42. The molecule has 0 spiro atoms. The smallest absolute Gasteiger partial charge is 0.232 e. The standard InChI is InChI=1S/C19H24N4O4S/c1-2-28(25,26)22-15-9-7-13(8-10-15)18-20-19(27-21-18)14-11-17(24)23(12-14)16-5-3-4-6-16/h7-10,14,16,22H,2-6,11-12H2,1H3. The van der Waals surface area contributed by atoms with Crippen LogP contribution in [0.2, 0.25) is 0 Å². The second kappa shape index (κ2) is 7.54. The second-order valence-corrected chi connectivity index (χ2v) is 9.44. The fraction of sp³-hybridized carbons (Fsp3) is 0.526. The highest BCUT2D eigenvalue weighted by Crippen LogP contribution is 2.34. The predicted molar refractivity (Wildman–Crippen MR) is 104 cm³/mol. The number of hydrogen-bond donors (Lipinski definition) is 1. The molecule has 28 heavy (non-hydrogen) atoms. The Morgan fingerprint density at radius 1 is 1.21 bits per heavy atom. The fourth-order valence-electron chi connectivity index (χ4n) is 3.92. The Hall–Kier alpha value is -2.42. The number of carbonyl (C=O) groups is 1. The molecule has 0 radical (unpaired) electrons. The summed E-state index contributed by atoms with van der Waals surface area (Å²) in [5.41, 5.74) is 1.22. The van der Waals surface area contributed by atoms with Crippen LogP contribution in [0, 0.1) is 0 Å². The van der Waals surface area contributed by atoms with E-state index in [1.807, 2.05) is 4.90 Å². The number of nitrogens with zero attached hydrogens (tertiary/aromatic N) is 3. The van der Waals surface area contributed by atoms with E-state index in [4.69, 9.17) is 4.52 Å². The quantitative estimate of drug-likeness (QED) is 0.794. The summed E-state index contributed by atoms with van der Waals surface area (Å²) in [6, 6.07) is 7.18. The number of anilines is 1. The number of sulfonamides is 1. The van der Waals surface area contributed by atoms with Crippen LogP contribution in [0.1, 0.15) is 50.8 Å². The van der Waals surface area contributed by atoms with Crippen molar-refractivity contribution in [1.82, 2.24) is 15.0 Å². The molecule has 1 aromatic heterocycles. The number of likely N-dealkylation sites (tertiary alicyclic amines) is 1. The zero-order valence-electron chi connectivity index (χ0n) is 15.8. The highest BCUT2D eigenvalue weighted by molar-refractivity contribution is 7.92. The van der Waals surface area contributed by atoms with Crippen LogP contribution in [-0.4, -0.2) is 47.7 Å². The topological polar surface area (TPSA) is 105 Å². The molecule has 9 heteroatoms. The molecule has 8 nitrogen and oxygen atoms in total. The lowest BCUT2D eigenvalue weighted by molar-refractivity contribution is -0.129. The molecule has 1 aromatic carbocycles. The van der Waals surface area contributed by atoms with E-state index in [1.165, 1.54) is 12.8 Å². The molecular weight excluding hydrogens is 380 g/mol. The normalized spacial score (nSPS) is 20.8. The Morgan fingerprint density at radius 2 is 1.93 bits per heavy atom. The van der Waals surface area contributed by atoms with E-state index in [0.717, 1.165) is 18.4 Å². The lowest BCUT2D eigenvalue weighted by Crippen LogP contribution is -2.34. The number of nitrogens with one attached hydrogen (secondary N) is 1. The van der Waals surface area contributed by atoms with Gasteiger partial charge in [-0.2, -0.15) is 4.98 Å². The van der Waals surface area contributed by atoms with E-state index in [2.05, 4.69) is 14.9 Å². The summed E-state index contributed by atoms with van der Waals surface area (Å²) < 4.78 is 31.2. The predicted octanol–water partition coefficient (Wildman–Crippen LogP) is 2.76. The summed E-state index contributed by atoms with van der Waals surface area (Å²) in [6.07, 6.45) is 4.96. The van der Waals surface area contributed by atoms with Crippen molar-refractivity contribution in [1.29, 1.82) is 0 Å². The second-order valence-electron chi connectivity index (χ2n) is 7.42. The molecular formula is C19H24N4O4S. The minimum atomic E-state index is -3.31. The van der Waals surface area contributed by atoms with Crippen LogP contribution in [0.25, 0.3) is 11.4 Å². The van der Waals surface area contributed by atoms with Gasteiger partial charge in [0.1, 0.15) is 0 Å². The van der Waals surface area contributed by atoms with Crippen molar-refractivity contribution >= 4 is 21.6 Å². The Bertz CT molecular complexity index is 949. The maximum atomic E-state index is 12.4. The maximum Gasteiger partial charge on any atom is 0.232 e. The number of amides is 1. The first-order chi connectivity index (χ1) is 13.4. The average molecular weight is 404 g/mol. The van der Waals surface area contributed by atoms with Crippen molar-refractivity contribution in [2.24, 2.45) is 0 Å². The molecule has 1 amide bonds. The highest BCUT2D eigenvalue weighted by atomic mass is 32.2. The molecule has 1 unspecified atom stereocenters. The summed E-state index contributed by atoms with van der Waals surface area (Å²) in [6.45, 7) is 2.22. The number of rotatable bonds is 6. The molecule has 4 rings (SSSR count). The molecule has 1 aliphatic heterocycles. The highest BCUT2D eigenvalue weighted by Gasteiger charge is 2.38. The van der Waals surface area contributed by atoms with Crippen LogP contribution in [0.4, 0.5) is 5.69 Å². The van der Waals surface area contributed by atoms with Crippen molar-refractivity contribution in [2.75, 3.05) is 17.0 Å².